The number of carbonyl (C=O) groups excluding carboxylic acids is 1. The molecule has 0 saturated carbocycles. The summed E-state index contributed by atoms with van der Waals surface area (Å²) in [6, 6.07) is 1.56. The Hall–Kier alpha value is -2.11. The minimum Gasteiger partial charge on any atom is -0.341 e. The van der Waals surface area contributed by atoms with Gasteiger partial charge in [0.25, 0.3) is 5.56 Å². The zero-order valence-corrected chi connectivity index (χ0v) is 24.3. The molecule has 8 heteroatoms. The van der Waals surface area contributed by atoms with Crippen LogP contribution in [0, 0.1) is 11.5 Å². The number of pyridine rings is 1. The Morgan fingerprint density at radius 2 is 1.86 bits per heavy atom. The lowest BCUT2D eigenvalue weighted by atomic mass is 10.0. The number of aromatic nitrogens is 3. The lowest BCUT2D eigenvalue weighted by Gasteiger charge is -2.38. The number of hydrogen-bond acceptors (Lipinski definition) is 5. The van der Waals surface area contributed by atoms with Crippen molar-refractivity contribution in [3.05, 3.63) is 28.2 Å². The lowest BCUT2D eigenvalue weighted by Crippen LogP contribution is -2.43. The minimum absolute atomic E-state index is 0.101. The van der Waals surface area contributed by atoms with E-state index in [2.05, 4.69) is 58.0 Å². The molecule has 3 heterocycles. The van der Waals surface area contributed by atoms with Crippen molar-refractivity contribution in [1.29, 1.82) is 0 Å². The lowest BCUT2D eigenvalue weighted by molar-refractivity contribution is -0.132. The standard InChI is InChI=1S/C27H40N4O2SSi/c1-9-24(32)30-13-10-11-22(17-30)31-25(33)15-21(23-16-28-27(34-8)29-26(23)31)12-14-35(18(2)3,19(4)5)20(6)7/h15-16,18-20,22H,9-11,13,17H2,1-8H3/t22-/m1/s1. The van der Waals surface area contributed by atoms with Crippen LogP contribution in [0.5, 0.6) is 0 Å². The first-order chi connectivity index (χ1) is 16.6. The number of likely N-dealkylation sites (tertiary alicyclic amines) is 1. The van der Waals surface area contributed by atoms with Crippen molar-refractivity contribution in [3.8, 4) is 11.5 Å². The SMILES string of the molecule is CCC(=O)N1CCC[C@@H](n2c(=O)cc(C#C[Si](C(C)C)(C(C)C)C(C)C)c3cnc(SC)nc32)C1. The molecular formula is C27H40N4O2SSi. The number of fused-ring (bicyclic) bond motifs is 1. The number of rotatable bonds is 6. The third-order valence-electron chi connectivity index (χ3n) is 7.65. The first-order valence-corrected chi connectivity index (χ1v) is 16.3. The molecule has 1 amide bonds. The van der Waals surface area contributed by atoms with Crippen LogP contribution in [0.2, 0.25) is 16.6 Å². The monoisotopic (exact) mass is 512 g/mol. The average molecular weight is 513 g/mol. The van der Waals surface area contributed by atoms with Crippen molar-refractivity contribution in [2.24, 2.45) is 0 Å². The normalized spacial score (nSPS) is 16.8. The van der Waals surface area contributed by atoms with Crippen molar-refractivity contribution in [3.63, 3.8) is 0 Å². The Morgan fingerprint density at radius 1 is 1.20 bits per heavy atom. The molecule has 6 nitrogen and oxygen atoms in total. The van der Waals surface area contributed by atoms with Crippen LogP contribution in [0.1, 0.15) is 79.3 Å². The van der Waals surface area contributed by atoms with E-state index in [0.29, 0.717) is 46.0 Å². The summed E-state index contributed by atoms with van der Waals surface area (Å²) in [6.45, 7) is 16.9. The molecule has 35 heavy (non-hydrogen) atoms. The molecular weight excluding hydrogens is 472 g/mol. The molecule has 0 spiro atoms. The van der Waals surface area contributed by atoms with Crippen molar-refractivity contribution in [1.82, 2.24) is 19.4 Å². The molecule has 1 aliphatic heterocycles. The number of hydrogen-bond donors (Lipinski definition) is 0. The molecule has 2 aromatic rings. The summed E-state index contributed by atoms with van der Waals surface area (Å²) in [7, 11) is -1.96. The highest BCUT2D eigenvalue weighted by molar-refractivity contribution is 7.98. The summed E-state index contributed by atoms with van der Waals surface area (Å²) in [5, 5.41) is 1.44. The van der Waals surface area contributed by atoms with E-state index in [9.17, 15) is 9.59 Å². The molecule has 0 N–H and O–H groups in total. The van der Waals surface area contributed by atoms with Gasteiger partial charge in [-0.3, -0.25) is 14.2 Å². The van der Waals surface area contributed by atoms with Gasteiger partial charge in [-0.1, -0.05) is 66.1 Å². The maximum atomic E-state index is 13.6. The van der Waals surface area contributed by atoms with Gasteiger partial charge < -0.3 is 4.90 Å². The summed E-state index contributed by atoms with van der Waals surface area (Å²) >= 11 is 1.46. The maximum Gasteiger partial charge on any atom is 0.253 e. The third-order valence-corrected chi connectivity index (χ3v) is 14.5. The highest BCUT2D eigenvalue weighted by Crippen LogP contribution is 2.41. The Kier molecular flexibility index (Phi) is 8.87. The molecule has 1 fully saturated rings. The van der Waals surface area contributed by atoms with Gasteiger partial charge >= 0.3 is 0 Å². The Bertz CT molecular complexity index is 1170. The Labute approximate surface area is 215 Å². The fourth-order valence-corrected chi connectivity index (χ4v) is 11.4. The molecule has 1 saturated heterocycles. The van der Waals surface area contributed by atoms with Crippen LogP contribution >= 0.6 is 11.8 Å². The smallest absolute Gasteiger partial charge is 0.253 e. The van der Waals surface area contributed by atoms with Crippen LogP contribution in [-0.4, -0.2) is 52.8 Å². The number of thioether (sulfide) groups is 1. The first-order valence-electron chi connectivity index (χ1n) is 12.8. The van der Waals surface area contributed by atoms with Gasteiger partial charge in [-0.2, -0.15) is 0 Å². The minimum atomic E-state index is -1.96. The second kappa shape index (κ2) is 11.3. The van der Waals surface area contributed by atoms with Gasteiger partial charge in [0.2, 0.25) is 5.91 Å². The summed E-state index contributed by atoms with van der Waals surface area (Å²) < 4.78 is 1.79. The largest absolute Gasteiger partial charge is 0.341 e. The number of nitrogens with zero attached hydrogens (tertiary/aromatic N) is 4. The molecule has 1 atom stereocenters. The maximum absolute atomic E-state index is 13.6. The summed E-state index contributed by atoms with van der Waals surface area (Å²) in [5.74, 6) is 3.60. The second-order valence-electron chi connectivity index (χ2n) is 10.5. The van der Waals surface area contributed by atoms with Crippen molar-refractivity contribution in [2.45, 2.75) is 95.6 Å². The fraction of sp³-hybridized carbons (Fsp3) is 0.630. The second-order valence-corrected chi connectivity index (χ2v) is 16.9. The molecule has 0 unspecified atom stereocenters. The fourth-order valence-electron chi connectivity index (χ4n) is 5.88. The number of piperidine rings is 1. The zero-order valence-electron chi connectivity index (χ0n) is 22.5. The van der Waals surface area contributed by atoms with E-state index < -0.39 is 8.07 Å². The van der Waals surface area contributed by atoms with Gasteiger partial charge in [0.05, 0.1) is 11.4 Å². The van der Waals surface area contributed by atoms with Crippen LogP contribution in [0.3, 0.4) is 0 Å². The van der Waals surface area contributed by atoms with E-state index >= 15 is 0 Å². The van der Waals surface area contributed by atoms with Gasteiger partial charge in [-0.05, 0) is 35.7 Å². The topological polar surface area (TPSA) is 68.1 Å². The van der Waals surface area contributed by atoms with Gasteiger partial charge in [0, 0.05) is 37.3 Å². The van der Waals surface area contributed by atoms with Crippen LogP contribution in [0.15, 0.2) is 22.2 Å². The molecule has 0 bridgehead atoms. The Morgan fingerprint density at radius 3 is 2.43 bits per heavy atom. The number of carbonyl (C=O) groups is 1. The molecule has 0 aliphatic carbocycles. The van der Waals surface area contributed by atoms with Crippen LogP contribution in [0.4, 0.5) is 0 Å². The van der Waals surface area contributed by atoms with Crippen LogP contribution < -0.4 is 5.56 Å². The van der Waals surface area contributed by atoms with Crippen molar-refractivity contribution in [2.75, 3.05) is 19.3 Å². The van der Waals surface area contributed by atoms with E-state index in [0.717, 1.165) is 24.8 Å². The highest BCUT2D eigenvalue weighted by atomic mass is 32.2. The average Bonchev–Trinajstić information content (AvgIpc) is 2.82. The van der Waals surface area contributed by atoms with E-state index in [1.54, 1.807) is 10.6 Å². The van der Waals surface area contributed by atoms with E-state index in [4.69, 9.17) is 4.98 Å². The molecule has 0 aromatic carbocycles. The van der Waals surface area contributed by atoms with Crippen LogP contribution in [0.25, 0.3) is 11.0 Å². The van der Waals surface area contributed by atoms with Gasteiger partial charge in [0.1, 0.15) is 13.7 Å². The number of amides is 1. The quantitative estimate of drug-likeness (QED) is 0.216. The van der Waals surface area contributed by atoms with Crippen molar-refractivity contribution >= 4 is 36.8 Å². The van der Waals surface area contributed by atoms with Gasteiger partial charge in [-0.25, -0.2) is 9.97 Å². The van der Waals surface area contributed by atoms with Gasteiger partial charge in [-0.15, -0.1) is 5.54 Å². The van der Waals surface area contributed by atoms with Gasteiger partial charge in [0.15, 0.2) is 5.16 Å². The molecule has 3 rings (SSSR count). The first kappa shape index (κ1) is 27.5. The highest BCUT2D eigenvalue weighted by Gasteiger charge is 2.41. The molecule has 2 aromatic heterocycles. The summed E-state index contributed by atoms with van der Waals surface area (Å²) in [6.07, 6.45) is 5.94. The van der Waals surface area contributed by atoms with Crippen molar-refractivity contribution < 1.29 is 4.79 Å². The third kappa shape index (κ3) is 5.36. The molecule has 1 aliphatic rings. The Balaban J connectivity index is 2.21. The predicted octanol–water partition coefficient (Wildman–Crippen LogP) is 5.66. The summed E-state index contributed by atoms with van der Waals surface area (Å²) in [5.41, 5.74) is 6.50. The summed E-state index contributed by atoms with van der Waals surface area (Å²) in [4.78, 5) is 37.1. The van der Waals surface area contributed by atoms with E-state index in [-0.39, 0.29) is 17.5 Å². The molecule has 0 radical (unpaired) electrons. The van der Waals surface area contributed by atoms with E-state index in [1.807, 2.05) is 24.3 Å². The predicted molar refractivity (Wildman–Crippen MR) is 149 cm³/mol. The zero-order chi connectivity index (χ0) is 25.9. The van der Waals surface area contributed by atoms with E-state index in [1.165, 1.54) is 11.8 Å². The van der Waals surface area contributed by atoms with Crippen LogP contribution in [-0.2, 0) is 4.79 Å². The molecule has 190 valence electrons.